The van der Waals surface area contributed by atoms with Crippen LogP contribution in [-0.4, -0.2) is 29.9 Å². The molecular weight excluding hydrogens is 304 g/mol. The van der Waals surface area contributed by atoms with E-state index >= 15 is 0 Å². The van der Waals surface area contributed by atoms with E-state index in [-0.39, 0.29) is 5.91 Å². The van der Waals surface area contributed by atoms with Crippen molar-refractivity contribution in [1.82, 2.24) is 10.2 Å². The topological polar surface area (TPSA) is 32.3 Å². The number of rotatable bonds is 3. The fourth-order valence-electron chi connectivity index (χ4n) is 2.63. The van der Waals surface area contributed by atoms with Crippen LogP contribution in [0.15, 0.2) is 28.7 Å². The molecule has 0 saturated carbocycles. The molecule has 0 unspecified atom stereocenters. The predicted octanol–water partition coefficient (Wildman–Crippen LogP) is 2.80. The second-order valence-corrected chi connectivity index (χ2v) is 6.26. The van der Waals surface area contributed by atoms with Gasteiger partial charge in [-0.1, -0.05) is 35.0 Å². The molecule has 1 amide bonds. The molecular formula is C15H21BrN2O. The molecule has 1 aromatic carbocycles. The Kier molecular flexibility index (Phi) is 4.99. The van der Waals surface area contributed by atoms with Gasteiger partial charge in [-0.05, 0) is 30.0 Å². The first-order valence-corrected chi connectivity index (χ1v) is 7.59. The molecule has 0 aliphatic carbocycles. The quantitative estimate of drug-likeness (QED) is 0.927. The minimum Gasteiger partial charge on any atom is -0.343 e. The Balaban J connectivity index is 1.85. The minimum atomic E-state index is 0.192. The van der Waals surface area contributed by atoms with Crippen molar-refractivity contribution in [3.63, 3.8) is 0 Å². The largest absolute Gasteiger partial charge is 0.343 e. The zero-order chi connectivity index (χ0) is 13.8. The fourth-order valence-corrected chi connectivity index (χ4v) is 3.08. The molecule has 19 heavy (non-hydrogen) atoms. The second kappa shape index (κ2) is 6.53. The minimum absolute atomic E-state index is 0.192. The van der Waals surface area contributed by atoms with Crippen molar-refractivity contribution in [2.75, 3.05) is 13.1 Å². The Hall–Kier alpha value is -0.870. The SMILES string of the molecule is CC(=O)N1CC[C@@H](NCc2cccc(Br)c2)[C@H](C)C1. The summed E-state index contributed by atoms with van der Waals surface area (Å²) in [6.07, 6.45) is 1.04. The van der Waals surface area contributed by atoms with E-state index in [1.54, 1.807) is 6.92 Å². The van der Waals surface area contributed by atoms with Gasteiger partial charge in [-0.15, -0.1) is 0 Å². The van der Waals surface area contributed by atoms with Crippen LogP contribution in [0.3, 0.4) is 0 Å². The van der Waals surface area contributed by atoms with Crippen LogP contribution < -0.4 is 5.32 Å². The lowest BCUT2D eigenvalue weighted by atomic mass is 9.93. The molecule has 0 bridgehead atoms. The van der Waals surface area contributed by atoms with Crippen LogP contribution in [0.4, 0.5) is 0 Å². The van der Waals surface area contributed by atoms with Crippen molar-refractivity contribution in [3.05, 3.63) is 34.3 Å². The maximum absolute atomic E-state index is 11.4. The molecule has 2 rings (SSSR count). The number of carbonyl (C=O) groups excluding carboxylic acids is 1. The van der Waals surface area contributed by atoms with Crippen LogP contribution >= 0.6 is 15.9 Å². The summed E-state index contributed by atoms with van der Waals surface area (Å²) >= 11 is 3.49. The molecule has 2 atom stereocenters. The number of halogens is 1. The smallest absolute Gasteiger partial charge is 0.219 e. The summed E-state index contributed by atoms with van der Waals surface area (Å²) in [5.74, 6) is 0.696. The molecule has 0 aromatic heterocycles. The zero-order valence-corrected chi connectivity index (χ0v) is 13.1. The van der Waals surface area contributed by atoms with Crippen molar-refractivity contribution in [1.29, 1.82) is 0 Å². The highest BCUT2D eigenvalue weighted by molar-refractivity contribution is 9.10. The lowest BCUT2D eigenvalue weighted by Crippen LogP contribution is -2.49. The van der Waals surface area contributed by atoms with Crippen LogP contribution in [-0.2, 0) is 11.3 Å². The summed E-state index contributed by atoms with van der Waals surface area (Å²) in [4.78, 5) is 13.3. The lowest BCUT2D eigenvalue weighted by molar-refractivity contribution is -0.130. The van der Waals surface area contributed by atoms with E-state index < -0.39 is 0 Å². The summed E-state index contributed by atoms with van der Waals surface area (Å²) < 4.78 is 1.12. The lowest BCUT2D eigenvalue weighted by Gasteiger charge is -2.37. The number of likely N-dealkylation sites (tertiary alicyclic amines) is 1. The monoisotopic (exact) mass is 324 g/mol. The fraction of sp³-hybridized carbons (Fsp3) is 0.533. The van der Waals surface area contributed by atoms with Gasteiger partial charge in [0, 0.05) is 37.1 Å². The second-order valence-electron chi connectivity index (χ2n) is 5.35. The average molecular weight is 325 g/mol. The number of hydrogen-bond acceptors (Lipinski definition) is 2. The number of benzene rings is 1. The molecule has 1 saturated heterocycles. The highest BCUT2D eigenvalue weighted by atomic mass is 79.9. The van der Waals surface area contributed by atoms with Gasteiger partial charge in [0.05, 0.1) is 0 Å². The molecule has 4 heteroatoms. The van der Waals surface area contributed by atoms with Crippen molar-refractivity contribution in [2.24, 2.45) is 5.92 Å². The van der Waals surface area contributed by atoms with Gasteiger partial charge >= 0.3 is 0 Å². The van der Waals surface area contributed by atoms with Crippen molar-refractivity contribution < 1.29 is 4.79 Å². The molecule has 1 aliphatic heterocycles. The summed E-state index contributed by atoms with van der Waals surface area (Å²) in [6, 6.07) is 8.87. The summed E-state index contributed by atoms with van der Waals surface area (Å²) in [7, 11) is 0. The normalized spacial score (nSPS) is 23.4. The molecule has 0 spiro atoms. The molecule has 104 valence electrons. The molecule has 1 heterocycles. The standard InChI is InChI=1S/C15H21BrN2O/c1-11-10-18(12(2)19)7-6-15(11)17-9-13-4-3-5-14(16)8-13/h3-5,8,11,15,17H,6-7,9-10H2,1-2H3/t11-,15-/m1/s1. The molecule has 0 radical (unpaired) electrons. The Bertz CT molecular complexity index is 450. The highest BCUT2D eigenvalue weighted by Crippen LogP contribution is 2.18. The first kappa shape index (κ1) is 14.5. The molecule has 1 aliphatic rings. The third-order valence-corrected chi connectivity index (χ3v) is 4.30. The van der Waals surface area contributed by atoms with Gasteiger partial charge < -0.3 is 10.2 Å². The van der Waals surface area contributed by atoms with Crippen LogP contribution in [0.25, 0.3) is 0 Å². The van der Waals surface area contributed by atoms with E-state index in [1.807, 2.05) is 11.0 Å². The number of piperidine rings is 1. The van der Waals surface area contributed by atoms with Gasteiger partial charge in [0.2, 0.25) is 5.91 Å². The number of hydrogen-bond donors (Lipinski definition) is 1. The van der Waals surface area contributed by atoms with Gasteiger partial charge in [-0.2, -0.15) is 0 Å². The first-order valence-electron chi connectivity index (χ1n) is 6.79. The first-order chi connectivity index (χ1) is 9.06. The molecule has 3 nitrogen and oxygen atoms in total. The van der Waals surface area contributed by atoms with Gasteiger partial charge in [0.1, 0.15) is 0 Å². The van der Waals surface area contributed by atoms with Gasteiger partial charge in [-0.3, -0.25) is 4.79 Å². The Labute approximate surface area is 123 Å². The zero-order valence-electron chi connectivity index (χ0n) is 11.5. The molecule has 1 aromatic rings. The van der Waals surface area contributed by atoms with Gasteiger partial charge in [0.15, 0.2) is 0 Å². The maximum Gasteiger partial charge on any atom is 0.219 e. The van der Waals surface area contributed by atoms with Gasteiger partial charge in [0.25, 0.3) is 0 Å². The van der Waals surface area contributed by atoms with E-state index in [0.29, 0.717) is 12.0 Å². The van der Waals surface area contributed by atoms with Crippen LogP contribution in [0.2, 0.25) is 0 Å². The van der Waals surface area contributed by atoms with E-state index in [1.165, 1.54) is 5.56 Å². The van der Waals surface area contributed by atoms with E-state index in [0.717, 1.165) is 30.5 Å². The Morgan fingerprint density at radius 1 is 1.53 bits per heavy atom. The number of amides is 1. The third-order valence-electron chi connectivity index (χ3n) is 3.81. The van der Waals surface area contributed by atoms with Crippen molar-refractivity contribution >= 4 is 21.8 Å². The molecule has 1 N–H and O–H groups in total. The van der Waals surface area contributed by atoms with E-state index in [4.69, 9.17) is 0 Å². The predicted molar refractivity (Wildman–Crippen MR) is 80.8 cm³/mol. The number of nitrogens with zero attached hydrogens (tertiary/aromatic N) is 1. The van der Waals surface area contributed by atoms with Gasteiger partial charge in [-0.25, -0.2) is 0 Å². The van der Waals surface area contributed by atoms with Crippen molar-refractivity contribution in [3.8, 4) is 0 Å². The van der Waals surface area contributed by atoms with E-state index in [9.17, 15) is 4.79 Å². The summed E-state index contributed by atoms with van der Waals surface area (Å²) in [5, 5.41) is 3.62. The summed E-state index contributed by atoms with van der Waals surface area (Å²) in [6.45, 7) is 6.49. The van der Waals surface area contributed by atoms with Crippen LogP contribution in [0.1, 0.15) is 25.8 Å². The highest BCUT2D eigenvalue weighted by Gasteiger charge is 2.26. The van der Waals surface area contributed by atoms with Crippen LogP contribution in [0, 0.1) is 5.92 Å². The van der Waals surface area contributed by atoms with Crippen molar-refractivity contribution in [2.45, 2.75) is 32.9 Å². The average Bonchev–Trinajstić information content (AvgIpc) is 2.37. The van der Waals surface area contributed by atoms with E-state index in [2.05, 4.69) is 46.4 Å². The number of carbonyl (C=O) groups is 1. The Morgan fingerprint density at radius 2 is 2.32 bits per heavy atom. The number of nitrogens with one attached hydrogen (secondary N) is 1. The maximum atomic E-state index is 11.4. The summed E-state index contributed by atoms with van der Waals surface area (Å²) in [5.41, 5.74) is 1.29. The van der Waals surface area contributed by atoms with Crippen LogP contribution in [0.5, 0.6) is 0 Å². The Morgan fingerprint density at radius 3 is 2.95 bits per heavy atom. The molecule has 1 fully saturated rings. The third kappa shape index (κ3) is 4.05.